The standard InChI is InChI=1S/C16H16N4O2S/c1-10(21)17-15-11(16(22)20(3)18-15)8-9-14-19(2)12-6-4-5-7-13(12)23-14/h4-9H,1-3H3,(H,17,18,21)/b11-8+,14-9+. The number of nitrogens with zero attached hydrogens (tertiary/aromatic N) is 3. The van der Waals surface area contributed by atoms with Crippen LogP contribution in [0.25, 0.3) is 0 Å². The van der Waals surface area contributed by atoms with Gasteiger partial charge in [0.1, 0.15) is 0 Å². The average Bonchev–Trinajstić information content (AvgIpc) is 2.96. The predicted molar refractivity (Wildman–Crippen MR) is 90.9 cm³/mol. The predicted octanol–water partition coefficient (Wildman–Crippen LogP) is 1.92. The molecule has 2 heterocycles. The summed E-state index contributed by atoms with van der Waals surface area (Å²) in [6.45, 7) is 1.39. The molecule has 0 saturated carbocycles. The van der Waals surface area contributed by atoms with Crippen LogP contribution in [0.1, 0.15) is 6.92 Å². The number of carbonyl (C=O) groups excluding carboxylic acids is 2. The first-order chi connectivity index (χ1) is 11.0. The minimum absolute atomic E-state index is 0.242. The molecule has 0 aromatic heterocycles. The van der Waals surface area contributed by atoms with Crippen LogP contribution in [0.3, 0.4) is 0 Å². The van der Waals surface area contributed by atoms with Gasteiger partial charge in [0.05, 0.1) is 16.3 Å². The van der Waals surface area contributed by atoms with Gasteiger partial charge in [-0.3, -0.25) is 9.59 Å². The normalized spacial score (nSPS) is 20.3. The summed E-state index contributed by atoms with van der Waals surface area (Å²) in [6.07, 6.45) is 3.57. The van der Waals surface area contributed by atoms with Crippen LogP contribution in [-0.4, -0.2) is 36.8 Å². The summed E-state index contributed by atoms with van der Waals surface area (Å²) in [7, 11) is 3.54. The number of thioether (sulfide) groups is 1. The van der Waals surface area contributed by atoms with E-state index in [1.807, 2.05) is 25.3 Å². The van der Waals surface area contributed by atoms with E-state index < -0.39 is 0 Å². The lowest BCUT2D eigenvalue weighted by molar-refractivity contribution is -0.124. The maximum absolute atomic E-state index is 12.1. The highest BCUT2D eigenvalue weighted by Gasteiger charge is 2.28. The molecule has 1 aromatic carbocycles. The molecular weight excluding hydrogens is 312 g/mol. The van der Waals surface area contributed by atoms with Crippen LogP contribution in [0, 0.1) is 0 Å². The van der Waals surface area contributed by atoms with E-state index in [9.17, 15) is 9.59 Å². The zero-order valence-electron chi connectivity index (χ0n) is 13.0. The van der Waals surface area contributed by atoms with Crippen molar-refractivity contribution in [2.24, 2.45) is 5.10 Å². The van der Waals surface area contributed by atoms with Crippen molar-refractivity contribution in [2.45, 2.75) is 11.8 Å². The lowest BCUT2D eigenvalue weighted by atomic mass is 10.2. The first-order valence-electron chi connectivity index (χ1n) is 7.04. The zero-order chi connectivity index (χ0) is 16.6. The maximum atomic E-state index is 12.1. The molecule has 1 aromatic rings. The van der Waals surface area contributed by atoms with Crippen molar-refractivity contribution in [2.75, 3.05) is 19.0 Å². The fourth-order valence-electron chi connectivity index (χ4n) is 2.36. The fraction of sp³-hybridized carbons (Fsp3) is 0.188. The third-order valence-corrected chi connectivity index (χ3v) is 4.67. The van der Waals surface area contributed by atoms with Gasteiger partial charge in [-0.05, 0) is 24.3 Å². The van der Waals surface area contributed by atoms with Crippen molar-refractivity contribution >= 4 is 35.1 Å². The highest BCUT2D eigenvalue weighted by Crippen LogP contribution is 2.44. The van der Waals surface area contributed by atoms with Gasteiger partial charge in [0, 0.05) is 25.9 Å². The van der Waals surface area contributed by atoms with Gasteiger partial charge in [0.2, 0.25) is 5.91 Å². The molecule has 0 fully saturated rings. The van der Waals surface area contributed by atoms with Crippen LogP contribution < -0.4 is 10.2 Å². The minimum atomic E-state index is -0.259. The molecule has 7 heteroatoms. The molecule has 6 nitrogen and oxygen atoms in total. The Kier molecular flexibility index (Phi) is 3.96. The molecule has 3 rings (SSSR count). The van der Waals surface area contributed by atoms with Gasteiger partial charge >= 0.3 is 0 Å². The number of para-hydroxylation sites is 1. The number of nitrogens with one attached hydrogen (secondary N) is 1. The van der Waals surface area contributed by atoms with E-state index >= 15 is 0 Å². The minimum Gasteiger partial charge on any atom is -0.338 e. The van der Waals surface area contributed by atoms with E-state index in [1.165, 1.54) is 16.8 Å². The molecule has 0 atom stereocenters. The number of hydrogen-bond donors (Lipinski definition) is 1. The van der Waals surface area contributed by atoms with Crippen LogP contribution in [0.15, 0.2) is 57.0 Å². The molecular formula is C16H16N4O2S. The molecule has 0 radical (unpaired) electrons. The van der Waals surface area contributed by atoms with Crippen LogP contribution in [0.5, 0.6) is 0 Å². The SMILES string of the molecule is CC(=O)NC1=NN(C)C(=O)/C1=C/C=C1/Sc2ccccc2N1C. The first-order valence-corrected chi connectivity index (χ1v) is 7.86. The second kappa shape index (κ2) is 5.92. The number of amides is 2. The van der Waals surface area contributed by atoms with Crippen LogP contribution in [0.2, 0.25) is 0 Å². The molecule has 1 N–H and O–H groups in total. The lowest BCUT2D eigenvalue weighted by Crippen LogP contribution is -2.29. The molecule has 2 aliphatic heterocycles. The average molecular weight is 328 g/mol. The summed E-state index contributed by atoms with van der Waals surface area (Å²) in [4.78, 5) is 26.6. The molecule has 0 unspecified atom stereocenters. The van der Waals surface area contributed by atoms with Gasteiger partial charge in [0.25, 0.3) is 5.91 Å². The number of fused-ring (bicyclic) bond motifs is 1. The summed E-state index contributed by atoms with van der Waals surface area (Å²) in [5.41, 5.74) is 1.51. The summed E-state index contributed by atoms with van der Waals surface area (Å²) in [5.74, 6) is -0.219. The Morgan fingerprint density at radius 2 is 2.00 bits per heavy atom. The number of hydrazone groups is 1. The van der Waals surface area contributed by atoms with Crippen LogP contribution in [-0.2, 0) is 9.59 Å². The third-order valence-electron chi connectivity index (χ3n) is 3.49. The Labute approximate surface area is 138 Å². The van der Waals surface area contributed by atoms with Crippen molar-refractivity contribution < 1.29 is 9.59 Å². The zero-order valence-corrected chi connectivity index (χ0v) is 13.8. The number of anilines is 1. The molecule has 0 saturated heterocycles. The number of likely N-dealkylation sites (N-methyl/N-ethyl adjacent to an activating group) is 1. The van der Waals surface area contributed by atoms with E-state index in [0.717, 1.165) is 10.7 Å². The number of amidine groups is 1. The van der Waals surface area contributed by atoms with Crippen LogP contribution in [0.4, 0.5) is 5.69 Å². The molecule has 2 aliphatic rings. The Morgan fingerprint density at radius 3 is 2.70 bits per heavy atom. The van der Waals surface area contributed by atoms with Crippen LogP contribution >= 0.6 is 11.8 Å². The molecule has 23 heavy (non-hydrogen) atoms. The second-order valence-corrected chi connectivity index (χ2v) is 6.23. The van der Waals surface area contributed by atoms with Gasteiger partial charge < -0.3 is 10.2 Å². The Morgan fingerprint density at radius 1 is 1.26 bits per heavy atom. The summed E-state index contributed by atoms with van der Waals surface area (Å²) in [5, 5.41) is 8.85. The van der Waals surface area contributed by atoms with E-state index in [-0.39, 0.29) is 17.6 Å². The highest BCUT2D eigenvalue weighted by atomic mass is 32.2. The Hall–Kier alpha value is -2.54. The molecule has 0 aliphatic carbocycles. The number of benzene rings is 1. The lowest BCUT2D eigenvalue weighted by Gasteiger charge is -2.12. The van der Waals surface area contributed by atoms with Crippen molar-refractivity contribution in [1.29, 1.82) is 0 Å². The summed E-state index contributed by atoms with van der Waals surface area (Å²) in [6, 6.07) is 8.10. The highest BCUT2D eigenvalue weighted by molar-refractivity contribution is 8.03. The van der Waals surface area contributed by atoms with Gasteiger partial charge in [-0.2, -0.15) is 5.10 Å². The quantitative estimate of drug-likeness (QED) is 0.800. The van der Waals surface area contributed by atoms with Gasteiger partial charge in [0.15, 0.2) is 5.84 Å². The van der Waals surface area contributed by atoms with E-state index in [4.69, 9.17) is 0 Å². The van der Waals surface area contributed by atoms with Gasteiger partial charge in [-0.25, -0.2) is 5.01 Å². The Balaban J connectivity index is 1.89. The molecule has 2 amide bonds. The third kappa shape index (κ3) is 2.87. The topological polar surface area (TPSA) is 65.0 Å². The monoisotopic (exact) mass is 328 g/mol. The number of carbonyl (C=O) groups is 2. The van der Waals surface area contributed by atoms with E-state index in [1.54, 1.807) is 24.9 Å². The van der Waals surface area contributed by atoms with Crippen molar-refractivity contribution in [3.05, 3.63) is 47.0 Å². The van der Waals surface area contributed by atoms with E-state index in [2.05, 4.69) is 27.5 Å². The number of rotatable bonds is 1. The largest absolute Gasteiger partial charge is 0.338 e. The number of allylic oxidation sites excluding steroid dienone is 2. The summed E-state index contributed by atoms with van der Waals surface area (Å²) >= 11 is 1.64. The van der Waals surface area contributed by atoms with Crippen molar-refractivity contribution in [3.8, 4) is 0 Å². The molecule has 118 valence electrons. The first kappa shape index (κ1) is 15.4. The Bertz CT molecular complexity index is 782. The fourth-order valence-corrected chi connectivity index (χ4v) is 3.41. The summed E-state index contributed by atoms with van der Waals surface area (Å²) < 4.78 is 0. The maximum Gasteiger partial charge on any atom is 0.277 e. The van der Waals surface area contributed by atoms with E-state index in [0.29, 0.717) is 5.57 Å². The number of hydrogen-bond acceptors (Lipinski definition) is 5. The van der Waals surface area contributed by atoms with Crippen molar-refractivity contribution in [3.63, 3.8) is 0 Å². The van der Waals surface area contributed by atoms with Gasteiger partial charge in [-0.1, -0.05) is 23.9 Å². The van der Waals surface area contributed by atoms with Gasteiger partial charge in [-0.15, -0.1) is 0 Å². The molecule has 0 bridgehead atoms. The van der Waals surface area contributed by atoms with Crippen molar-refractivity contribution in [1.82, 2.24) is 10.3 Å². The smallest absolute Gasteiger partial charge is 0.277 e. The molecule has 0 spiro atoms. The second-order valence-electron chi connectivity index (χ2n) is 5.17.